The third kappa shape index (κ3) is 3.11. The fraction of sp³-hybridized carbons (Fsp3) is 0.133. The standard InChI is InChI=1S/C15H14ClNO/c1-2-11-6-8-14(9-7-11)17-15(18)12-4-3-5-13(16)10-12/h3-10H,2H2,1H3,(H,17,18). The van der Waals surface area contributed by atoms with Crippen molar-refractivity contribution in [2.75, 3.05) is 5.32 Å². The summed E-state index contributed by atoms with van der Waals surface area (Å²) in [4.78, 5) is 12.0. The molecule has 1 amide bonds. The Morgan fingerprint density at radius 3 is 2.50 bits per heavy atom. The van der Waals surface area contributed by atoms with Crippen LogP contribution in [0.1, 0.15) is 22.8 Å². The van der Waals surface area contributed by atoms with Crippen molar-refractivity contribution in [3.05, 3.63) is 64.7 Å². The minimum absolute atomic E-state index is 0.151. The molecule has 0 aromatic heterocycles. The second-order valence-corrected chi connectivity index (χ2v) is 4.45. The van der Waals surface area contributed by atoms with E-state index < -0.39 is 0 Å². The van der Waals surface area contributed by atoms with Crippen molar-refractivity contribution < 1.29 is 4.79 Å². The molecular weight excluding hydrogens is 246 g/mol. The lowest BCUT2D eigenvalue weighted by Crippen LogP contribution is -2.11. The molecule has 0 radical (unpaired) electrons. The van der Waals surface area contributed by atoms with Gasteiger partial charge in [-0.1, -0.05) is 36.7 Å². The van der Waals surface area contributed by atoms with Crippen LogP contribution >= 0.6 is 11.6 Å². The fourth-order valence-corrected chi connectivity index (χ4v) is 1.85. The predicted octanol–water partition coefficient (Wildman–Crippen LogP) is 4.15. The van der Waals surface area contributed by atoms with Crippen LogP contribution in [0.5, 0.6) is 0 Å². The van der Waals surface area contributed by atoms with Gasteiger partial charge in [0.1, 0.15) is 0 Å². The van der Waals surface area contributed by atoms with Crippen LogP contribution < -0.4 is 5.32 Å². The lowest BCUT2D eigenvalue weighted by Gasteiger charge is -2.06. The van der Waals surface area contributed by atoms with E-state index in [9.17, 15) is 4.79 Å². The maximum atomic E-state index is 12.0. The van der Waals surface area contributed by atoms with Crippen LogP contribution in [-0.4, -0.2) is 5.91 Å². The molecule has 0 saturated carbocycles. The molecule has 0 saturated heterocycles. The lowest BCUT2D eigenvalue weighted by atomic mass is 10.1. The Labute approximate surface area is 112 Å². The molecule has 0 fully saturated rings. The molecule has 0 heterocycles. The molecule has 3 heteroatoms. The van der Waals surface area contributed by atoms with Crippen molar-refractivity contribution in [2.45, 2.75) is 13.3 Å². The van der Waals surface area contributed by atoms with Crippen LogP contribution in [0.25, 0.3) is 0 Å². The van der Waals surface area contributed by atoms with Gasteiger partial charge in [-0.15, -0.1) is 0 Å². The number of aryl methyl sites for hydroxylation is 1. The molecule has 0 unspecified atom stereocenters. The Hall–Kier alpha value is -1.80. The van der Waals surface area contributed by atoms with Gasteiger partial charge in [-0.3, -0.25) is 4.79 Å². The van der Waals surface area contributed by atoms with Gasteiger partial charge in [0, 0.05) is 16.3 Å². The van der Waals surface area contributed by atoms with Gasteiger partial charge in [0.05, 0.1) is 0 Å². The summed E-state index contributed by atoms with van der Waals surface area (Å²) in [6.07, 6.45) is 0.989. The van der Waals surface area contributed by atoms with Gasteiger partial charge in [-0.05, 0) is 42.3 Å². The minimum Gasteiger partial charge on any atom is -0.322 e. The molecule has 0 aliphatic carbocycles. The molecule has 1 N–H and O–H groups in total. The summed E-state index contributed by atoms with van der Waals surface area (Å²) in [6.45, 7) is 2.10. The number of carbonyl (C=O) groups is 1. The Bertz CT molecular complexity index is 549. The number of rotatable bonds is 3. The fourth-order valence-electron chi connectivity index (χ4n) is 1.66. The second-order valence-electron chi connectivity index (χ2n) is 4.01. The van der Waals surface area contributed by atoms with Gasteiger partial charge in [0.2, 0.25) is 0 Å². The summed E-state index contributed by atoms with van der Waals surface area (Å²) in [6, 6.07) is 14.7. The number of benzene rings is 2. The number of nitrogens with one attached hydrogen (secondary N) is 1. The van der Waals surface area contributed by atoms with Gasteiger partial charge in [0.15, 0.2) is 0 Å². The largest absolute Gasteiger partial charge is 0.322 e. The van der Waals surface area contributed by atoms with Crippen LogP contribution in [0.4, 0.5) is 5.69 Å². The van der Waals surface area contributed by atoms with Crippen molar-refractivity contribution in [2.24, 2.45) is 0 Å². The molecule has 0 aliphatic rings. The summed E-state index contributed by atoms with van der Waals surface area (Å²) in [5.41, 5.74) is 2.59. The first-order chi connectivity index (χ1) is 8.69. The topological polar surface area (TPSA) is 29.1 Å². The lowest BCUT2D eigenvalue weighted by molar-refractivity contribution is 0.102. The van der Waals surface area contributed by atoms with Crippen LogP contribution in [0, 0.1) is 0 Å². The molecule has 0 bridgehead atoms. The molecular formula is C15H14ClNO. The molecule has 0 atom stereocenters. The zero-order valence-electron chi connectivity index (χ0n) is 10.1. The quantitative estimate of drug-likeness (QED) is 0.881. The van der Waals surface area contributed by atoms with Gasteiger partial charge >= 0.3 is 0 Å². The van der Waals surface area contributed by atoms with E-state index in [1.54, 1.807) is 24.3 Å². The Balaban J connectivity index is 2.11. The molecule has 0 spiro atoms. The average molecular weight is 260 g/mol. The first-order valence-electron chi connectivity index (χ1n) is 5.85. The summed E-state index contributed by atoms with van der Waals surface area (Å²) in [7, 11) is 0. The van der Waals surface area contributed by atoms with Gasteiger partial charge in [0.25, 0.3) is 5.91 Å². The van der Waals surface area contributed by atoms with Gasteiger partial charge < -0.3 is 5.32 Å². The van der Waals surface area contributed by atoms with Gasteiger partial charge in [-0.25, -0.2) is 0 Å². The predicted molar refractivity (Wildman–Crippen MR) is 75.2 cm³/mol. The maximum Gasteiger partial charge on any atom is 0.255 e. The minimum atomic E-state index is -0.151. The summed E-state index contributed by atoms with van der Waals surface area (Å²) in [5, 5.41) is 3.40. The normalized spacial score (nSPS) is 10.1. The SMILES string of the molecule is CCc1ccc(NC(=O)c2cccc(Cl)c2)cc1. The smallest absolute Gasteiger partial charge is 0.255 e. The van der Waals surface area contributed by atoms with E-state index in [-0.39, 0.29) is 5.91 Å². The number of amides is 1. The second kappa shape index (κ2) is 5.69. The highest BCUT2D eigenvalue weighted by Crippen LogP contribution is 2.14. The van der Waals surface area contributed by atoms with Crippen LogP contribution in [0.2, 0.25) is 5.02 Å². The monoisotopic (exact) mass is 259 g/mol. The third-order valence-electron chi connectivity index (χ3n) is 2.71. The average Bonchev–Trinajstić information content (AvgIpc) is 2.39. The third-order valence-corrected chi connectivity index (χ3v) is 2.94. The van der Waals surface area contributed by atoms with E-state index in [0.29, 0.717) is 10.6 Å². The van der Waals surface area contributed by atoms with E-state index in [2.05, 4.69) is 12.2 Å². The molecule has 18 heavy (non-hydrogen) atoms. The maximum absolute atomic E-state index is 12.0. The van der Waals surface area contributed by atoms with Crippen molar-refractivity contribution in [3.8, 4) is 0 Å². The summed E-state index contributed by atoms with van der Waals surface area (Å²) < 4.78 is 0. The molecule has 0 aliphatic heterocycles. The van der Waals surface area contributed by atoms with Gasteiger partial charge in [-0.2, -0.15) is 0 Å². The Morgan fingerprint density at radius 2 is 1.89 bits per heavy atom. The summed E-state index contributed by atoms with van der Waals surface area (Å²) in [5.74, 6) is -0.151. The highest BCUT2D eigenvalue weighted by Gasteiger charge is 2.06. The number of carbonyl (C=O) groups excluding carboxylic acids is 1. The number of hydrogen-bond donors (Lipinski definition) is 1. The molecule has 2 rings (SSSR count). The zero-order valence-corrected chi connectivity index (χ0v) is 10.9. The number of halogens is 1. The highest BCUT2D eigenvalue weighted by atomic mass is 35.5. The highest BCUT2D eigenvalue weighted by molar-refractivity contribution is 6.31. The first-order valence-corrected chi connectivity index (χ1v) is 6.22. The molecule has 2 aromatic carbocycles. The van der Waals surface area contributed by atoms with Crippen molar-refractivity contribution in [1.82, 2.24) is 0 Å². The van der Waals surface area contributed by atoms with Crippen molar-refractivity contribution in [1.29, 1.82) is 0 Å². The molecule has 92 valence electrons. The van der Waals surface area contributed by atoms with E-state index >= 15 is 0 Å². The zero-order chi connectivity index (χ0) is 13.0. The van der Waals surface area contributed by atoms with Crippen LogP contribution in [-0.2, 0) is 6.42 Å². The van der Waals surface area contributed by atoms with E-state index in [1.165, 1.54) is 5.56 Å². The number of anilines is 1. The number of hydrogen-bond acceptors (Lipinski definition) is 1. The molecule has 2 nitrogen and oxygen atoms in total. The van der Waals surface area contributed by atoms with Crippen molar-refractivity contribution >= 4 is 23.2 Å². The van der Waals surface area contributed by atoms with Crippen molar-refractivity contribution in [3.63, 3.8) is 0 Å². The van der Waals surface area contributed by atoms with Crippen LogP contribution in [0.15, 0.2) is 48.5 Å². The van der Waals surface area contributed by atoms with E-state index in [4.69, 9.17) is 11.6 Å². The Morgan fingerprint density at radius 1 is 1.17 bits per heavy atom. The summed E-state index contributed by atoms with van der Waals surface area (Å²) >= 11 is 5.85. The molecule has 2 aromatic rings. The van der Waals surface area contributed by atoms with E-state index in [1.807, 2.05) is 24.3 Å². The Kier molecular flexibility index (Phi) is 4.00. The van der Waals surface area contributed by atoms with Crippen LogP contribution in [0.3, 0.4) is 0 Å². The first kappa shape index (κ1) is 12.7. The van der Waals surface area contributed by atoms with E-state index in [0.717, 1.165) is 12.1 Å².